The summed E-state index contributed by atoms with van der Waals surface area (Å²) in [6, 6.07) is 40.6. The molecule has 1 aliphatic rings. The summed E-state index contributed by atoms with van der Waals surface area (Å²) in [5, 5.41) is 0. The first kappa shape index (κ1) is 36.3. The Kier molecular flexibility index (Phi) is 11.6. The van der Waals surface area contributed by atoms with Gasteiger partial charge in [0.2, 0.25) is 5.91 Å². The Morgan fingerprint density at radius 2 is 1.33 bits per heavy atom. The van der Waals surface area contributed by atoms with Crippen LogP contribution in [0.3, 0.4) is 0 Å². The van der Waals surface area contributed by atoms with Gasteiger partial charge in [-0.15, -0.1) is 0 Å². The summed E-state index contributed by atoms with van der Waals surface area (Å²) in [5.74, 6) is -1.25. The monoisotopic (exact) mass is 714 g/mol. The van der Waals surface area contributed by atoms with Gasteiger partial charge in [0, 0.05) is 18.2 Å². The summed E-state index contributed by atoms with van der Waals surface area (Å²) in [5.41, 5.74) is 4.64. The number of amides is 2. The van der Waals surface area contributed by atoms with Crippen LogP contribution in [0.5, 0.6) is 0 Å². The molecule has 6 rings (SSSR count). The van der Waals surface area contributed by atoms with Crippen LogP contribution >= 0.6 is 0 Å². The van der Waals surface area contributed by atoms with E-state index in [0.29, 0.717) is 18.0 Å². The second-order valence-electron chi connectivity index (χ2n) is 13.2. The normalized spacial score (nSPS) is 15.7. The predicted molar refractivity (Wildman–Crippen MR) is 201 cm³/mol. The van der Waals surface area contributed by atoms with Gasteiger partial charge in [-0.25, -0.2) is 17.9 Å². The number of carbonyl (C=O) groups excluding carboxylic acids is 3. The van der Waals surface area contributed by atoms with Crippen molar-refractivity contribution in [3.05, 3.63) is 161 Å². The smallest absolute Gasteiger partial charge is 0.339 e. The van der Waals surface area contributed by atoms with Crippen molar-refractivity contribution in [2.24, 2.45) is 5.92 Å². The first-order valence-electron chi connectivity index (χ1n) is 17.5. The number of ether oxygens (including phenoxy) is 1. The van der Waals surface area contributed by atoms with Gasteiger partial charge in [-0.05, 0) is 77.3 Å². The van der Waals surface area contributed by atoms with E-state index < -0.39 is 21.9 Å². The van der Waals surface area contributed by atoms with Crippen LogP contribution in [0.15, 0.2) is 138 Å². The van der Waals surface area contributed by atoms with Gasteiger partial charge in [0.05, 0.1) is 19.1 Å². The minimum Gasteiger partial charge on any atom is -0.465 e. The van der Waals surface area contributed by atoms with Crippen molar-refractivity contribution in [2.75, 3.05) is 7.11 Å². The van der Waals surface area contributed by atoms with Crippen molar-refractivity contribution in [2.45, 2.75) is 56.0 Å². The maximum atomic E-state index is 14.3. The summed E-state index contributed by atoms with van der Waals surface area (Å²) in [6.45, 7) is 0.541. The number of benzene rings is 5. The van der Waals surface area contributed by atoms with Gasteiger partial charge in [0.15, 0.2) is 0 Å². The number of nitrogens with one attached hydrogen (secondary N) is 1. The van der Waals surface area contributed by atoms with E-state index in [4.69, 9.17) is 4.74 Å². The Balaban J connectivity index is 1.21. The van der Waals surface area contributed by atoms with E-state index >= 15 is 0 Å². The highest BCUT2D eigenvalue weighted by molar-refractivity contribution is 7.90. The molecule has 5 aromatic rings. The zero-order chi connectivity index (χ0) is 36.5. The molecule has 0 spiro atoms. The van der Waals surface area contributed by atoms with Crippen LogP contribution in [0.25, 0.3) is 11.1 Å². The first-order chi connectivity index (χ1) is 25.2. The third-order valence-electron chi connectivity index (χ3n) is 9.68. The maximum absolute atomic E-state index is 14.3. The van der Waals surface area contributed by atoms with Crippen LogP contribution in [0.1, 0.15) is 63.1 Å². The second kappa shape index (κ2) is 16.7. The van der Waals surface area contributed by atoms with Crippen molar-refractivity contribution in [1.29, 1.82) is 0 Å². The van der Waals surface area contributed by atoms with Gasteiger partial charge in [-0.2, -0.15) is 0 Å². The molecule has 0 heterocycles. The lowest BCUT2D eigenvalue weighted by Gasteiger charge is -2.40. The van der Waals surface area contributed by atoms with Crippen LogP contribution in [0.4, 0.5) is 0 Å². The molecular formula is C43H42N2O6S. The minimum absolute atomic E-state index is 0.0662. The molecule has 0 aliphatic heterocycles. The van der Waals surface area contributed by atoms with Crippen LogP contribution < -0.4 is 4.72 Å². The van der Waals surface area contributed by atoms with E-state index in [0.717, 1.165) is 55.9 Å². The topological polar surface area (TPSA) is 110 Å². The molecule has 2 atom stereocenters. The van der Waals surface area contributed by atoms with Crippen molar-refractivity contribution in [3.8, 4) is 11.1 Å². The predicted octanol–water partition coefficient (Wildman–Crippen LogP) is 7.63. The Bertz CT molecular complexity index is 2140. The van der Waals surface area contributed by atoms with Gasteiger partial charge in [-0.1, -0.05) is 122 Å². The van der Waals surface area contributed by atoms with Crippen molar-refractivity contribution < 1.29 is 27.5 Å². The number of methoxy groups -OCH3 is 1. The lowest BCUT2D eigenvalue weighted by molar-refractivity contribution is -0.135. The number of carbonyl (C=O) groups is 3. The molecule has 1 fully saturated rings. The quantitative estimate of drug-likeness (QED) is 0.133. The van der Waals surface area contributed by atoms with Crippen LogP contribution in [0, 0.1) is 5.92 Å². The molecule has 2 unspecified atom stereocenters. The molecule has 52 heavy (non-hydrogen) atoms. The Hall–Kier alpha value is -5.54. The Morgan fingerprint density at radius 1 is 0.712 bits per heavy atom. The molecule has 0 aromatic heterocycles. The SMILES string of the molecule is COC(=O)c1ccccc1S(=O)(=O)NC(=O)c1cccc(-c2cccc(CC(=O)N(Cc3ccccc3)C3CCCCC3Cc3ccccc3)c2)c1. The molecule has 266 valence electrons. The molecule has 1 aliphatic carbocycles. The molecule has 1 N–H and O–H groups in total. The number of rotatable bonds is 12. The van der Waals surface area contributed by atoms with E-state index in [2.05, 4.69) is 46.0 Å². The first-order valence-corrected chi connectivity index (χ1v) is 19.0. The molecule has 0 saturated heterocycles. The molecule has 0 bridgehead atoms. The third kappa shape index (κ3) is 8.84. The average Bonchev–Trinajstić information content (AvgIpc) is 3.18. The highest BCUT2D eigenvalue weighted by atomic mass is 32.2. The number of hydrogen-bond acceptors (Lipinski definition) is 6. The largest absolute Gasteiger partial charge is 0.465 e. The molecule has 8 nitrogen and oxygen atoms in total. The van der Waals surface area contributed by atoms with Crippen molar-refractivity contribution in [3.63, 3.8) is 0 Å². The van der Waals surface area contributed by atoms with Gasteiger partial charge in [0.25, 0.3) is 15.9 Å². The summed E-state index contributed by atoms with van der Waals surface area (Å²) >= 11 is 0. The van der Waals surface area contributed by atoms with E-state index in [9.17, 15) is 22.8 Å². The summed E-state index contributed by atoms with van der Waals surface area (Å²) in [7, 11) is -3.24. The molecule has 1 saturated carbocycles. The average molecular weight is 715 g/mol. The Labute approximate surface area is 305 Å². The van der Waals surface area contributed by atoms with E-state index in [-0.39, 0.29) is 34.4 Å². The molecule has 9 heteroatoms. The zero-order valence-electron chi connectivity index (χ0n) is 29.1. The molecule has 0 radical (unpaired) electrons. The number of esters is 1. The third-order valence-corrected chi connectivity index (χ3v) is 11.1. The summed E-state index contributed by atoms with van der Waals surface area (Å²) < 4.78 is 33.2. The minimum atomic E-state index is -4.40. The van der Waals surface area contributed by atoms with Gasteiger partial charge in [0.1, 0.15) is 4.90 Å². The fourth-order valence-corrected chi connectivity index (χ4v) is 8.29. The zero-order valence-corrected chi connectivity index (χ0v) is 29.9. The van der Waals surface area contributed by atoms with Crippen LogP contribution in [-0.4, -0.2) is 44.3 Å². The number of hydrogen-bond donors (Lipinski definition) is 1. The lowest BCUT2D eigenvalue weighted by Crippen LogP contribution is -2.46. The van der Waals surface area contributed by atoms with E-state index in [1.807, 2.05) is 54.6 Å². The summed E-state index contributed by atoms with van der Waals surface area (Å²) in [4.78, 5) is 41.5. The lowest BCUT2D eigenvalue weighted by atomic mass is 9.79. The standard InChI is InChI=1S/C43H42N2O6S/c1-51-43(48)38-23-9-11-25-40(38)52(49,50)44-42(47)37-22-13-21-35(29-37)34-20-12-18-33(27-34)28-41(46)45(30-32-16-6-3-7-17-32)39-24-10-8-19-36(39)26-31-14-4-2-5-15-31/h2-7,9,11-18,20-23,25,27,29,36,39H,8,10,19,24,26,28,30H2,1H3,(H,44,47). The van der Waals surface area contributed by atoms with Gasteiger partial charge >= 0.3 is 5.97 Å². The van der Waals surface area contributed by atoms with E-state index in [1.54, 1.807) is 12.1 Å². The number of sulfonamides is 1. The Morgan fingerprint density at radius 3 is 2.06 bits per heavy atom. The van der Waals surface area contributed by atoms with Gasteiger partial charge < -0.3 is 9.64 Å². The van der Waals surface area contributed by atoms with Crippen molar-refractivity contribution in [1.82, 2.24) is 9.62 Å². The summed E-state index contributed by atoms with van der Waals surface area (Å²) in [6.07, 6.45) is 5.45. The van der Waals surface area contributed by atoms with Crippen molar-refractivity contribution >= 4 is 27.8 Å². The fourth-order valence-electron chi connectivity index (χ4n) is 7.12. The second-order valence-corrected chi connectivity index (χ2v) is 14.8. The van der Waals surface area contributed by atoms with Crippen LogP contribution in [0.2, 0.25) is 0 Å². The molecule has 2 amide bonds. The van der Waals surface area contributed by atoms with E-state index in [1.165, 1.54) is 35.9 Å². The van der Waals surface area contributed by atoms with Crippen LogP contribution in [-0.2, 0) is 38.9 Å². The fraction of sp³-hybridized carbons (Fsp3) is 0.233. The maximum Gasteiger partial charge on any atom is 0.339 e. The number of nitrogens with zero attached hydrogens (tertiary/aromatic N) is 1. The van der Waals surface area contributed by atoms with Gasteiger partial charge in [-0.3, -0.25) is 9.59 Å². The highest BCUT2D eigenvalue weighted by Crippen LogP contribution is 2.33. The molecule has 5 aromatic carbocycles. The highest BCUT2D eigenvalue weighted by Gasteiger charge is 2.33. The molecular weight excluding hydrogens is 673 g/mol.